The molecule has 0 aliphatic heterocycles. The third kappa shape index (κ3) is 5.41. The number of benzene rings is 9. The molecule has 0 atom stereocenters. The molecule has 0 saturated carbocycles. The monoisotopic (exact) mass is 736 g/mol. The average molecular weight is 737 g/mol. The van der Waals surface area contributed by atoms with E-state index in [1.807, 2.05) is 11.3 Å². The van der Waals surface area contributed by atoms with Crippen LogP contribution in [0.2, 0.25) is 0 Å². The predicted molar refractivity (Wildman–Crippen MR) is 239 cm³/mol. The van der Waals surface area contributed by atoms with Gasteiger partial charge in [0.15, 0.2) is 0 Å². The Labute approximate surface area is 326 Å². The second-order valence-corrected chi connectivity index (χ2v) is 16.0. The van der Waals surface area contributed by atoms with E-state index in [1.165, 1.54) is 68.7 Å². The Kier molecular flexibility index (Phi) is 7.58. The zero-order chi connectivity index (χ0) is 36.3. The molecule has 0 aliphatic rings. The van der Waals surface area contributed by atoms with Crippen LogP contribution in [0, 0.1) is 0 Å². The van der Waals surface area contributed by atoms with Crippen molar-refractivity contribution in [2.45, 2.75) is 0 Å². The quantitative estimate of drug-likeness (QED) is 0.169. The smallest absolute Gasteiger partial charge is 0.124 e. The number of thiophene rings is 1. The number of nitrogens with zero attached hydrogens (tertiary/aromatic N) is 2. The van der Waals surface area contributed by atoms with Crippen molar-refractivity contribution in [3.05, 3.63) is 194 Å². The number of fused-ring (bicyclic) bond motifs is 6. The number of hydrogen-bond acceptors (Lipinski definition) is 4. The molecule has 0 N–H and O–H groups in total. The van der Waals surface area contributed by atoms with Crippen LogP contribution in [0.15, 0.2) is 194 Å². The van der Waals surface area contributed by atoms with Crippen molar-refractivity contribution in [2.75, 3.05) is 4.90 Å². The predicted octanol–water partition coefficient (Wildman–Crippen LogP) is 15.4. The summed E-state index contributed by atoms with van der Waals surface area (Å²) in [5.41, 5.74) is 10.3. The fourth-order valence-corrected chi connectivity index (χ4v) is 10.3. The number of aromatic nitrogens is 1. The van der Waals surface area contributed by atoms with E-state index >= 15 is 0 Å². The third-order valence-corrected chi connectivity index (χ3v) is 12.9. The van der Waals surface area contributed by atoms with Crippen molar-refractivity contribution in [1.29, 1.82) is 0 Å². The summed E-state index contributed by atoms with van der Waals surface area (Å²) in [5.74, 6) is 0. The van der Waals surface area contributed by atoms with Crippen LogP contribution >= 0.6 is 22.7 Å². The maximum absolute atomic E-state index is 5.50. The third-order valence-electron chi connectivity index (χ3n) is 10.7. The van der Waals surface area contributed by atoms with Crippen LogP contribution < -0.4 is 4.90 Å². The molecule has 2 aromatic heterocycles. The van der Waals surface area contributed by atoms with E-state index in [0.717, 1.165) is 33.1 Å². The van der Waals surface area contributed by atoms with Crippen LogP contribution in [0.5, 0.6) is 0 Å². The highest BCUT2D eigenvalue weighted by molar-refractivity contribution is 7.27. The largest absolute Gasteiger partial charge is 0.306 e. The molecule has 11 aromatic rings. The standard InChI is InChI=1S/C51H32N2S2/c1-3-13-33(14-4-1)35-25-27-39(28-26-35)53(45-30-29-40(41-19-9-10-20-42(41)45)38-24-23-34-15-7-8-18-37(34)31-38)49-48-47(55-51(52-48)36-16-5-2-6-17-36)32-44-43-21-11-12-22-46(43)54-50(44)49/h1-32H. The lowest BCUT2D eigenvalue weighted by atomic mass is 9.94. The number of anilines is 3. The van der Waals surface area contributed by atoms with Crippen LogP contribution in [0.4, 0.5) is 17.1 Å². The van der Waals surface area contributed by atoms with Crippen molar-refractivity contribution in [2.24, 2.45) is 0 Å². The molecule has 4 heteroatoms. The van der Waals surface area contributed by atoms with Crippen LogP contribution in [0.1, 0.15) is 0 Å². The van der Waals surface area contributed by atoms with E-state index in [4.69, 9.17) is 4.98 Å². The fraction of sp³-hybridized carbons (Fsp3) is 0. The number of rotatable bonds is 6. The lowest BCUT2D eigenvalue weighted by Gasteiger charge is -2.28. The lowest BCUT2D eigenvalue weighted by molar-refractivity contribution is 1.32. The van der Waals surface area contributed by atoms with Crippen LogP contribution in [-0.4, -0.2) is 4.98 Å². The van der Waals surface area contributed by atoms with Gasteiger partial charge in [-0.3, -0.25) is 0 Å². The van der Waals surface area contributed by atoms with Crippen LogP contribution in [0.25, 0.3) is 84.8 Å². The minimum atomic E-state index is 1.01. The van der Waals surface area contributed by atoms with Crippen molar-refractivity contribution >= 4 is 91.7 Å². The van der Waals surface area contributed by atoms with Gasteiger partial charge in [0.1, 0.15) is 10.5 Å². The second kappa shape index (κ2) is 13.1. The molecule has 0 unspecified atom stereocenters. The van der Waals surface area contributed by atoms with E-state index in [0.29, 0.717) is 0 Å². The van der Waals surface area contributed by atoms with E-state index in [9.17, 15) is 0 Å². The molecule has 2 heterocycles. The van der Waals surface area contributed by atoms with Crippen molar-refractivity contribution in [3.8, 4) is 32.8 Å². The molecule has 0 amide bonds. The maximum atomic E-state index is 5.50. The number of hydrogen-bond donors (Lipinski definition) is 0. The van der Waals surface area contributed by atoms with Gasteiger partial charge in [-0.05, 0) is 74.8 Å². The van der Waals surface area contributed by atoms with E-state index in [2.05, 4.69) is 199 Å². The molecule has 2 nitrogen and oxygen atoms in total. The molecular weight excluding hydrogens is 705 g/mol. The van der Waals surface area contributed by atoms with Crippen molar-refractivity contribution in [3.63, 3.8) is 0 Å². The Balaban J connectivity index is 1.21. The van der Waals surface area contributed by atoms with Gasteiger partial charge in [-0.1, -0.05) is 158 Å². The van der Waals surface area contributed by atoms with Gasteiger partial charge in [0.2, 0.25) is 0 Å². The summed E-state index contributed by atoms with van der Waals surface area (Å²) in [6.45, 7) is 0. The fourth-order valence-electron chi connectivity index (χ4n) is 8.04. The summed E-state index contributed by atoms with van der Waals surface area (Å²) < 4.78 is 3.68. The van der Waals surface area contributed by atoms with Crippen molar-refractivity contribution < 1.29 is 0 Å². The minimum Gasteiger partial charge on any atom is -0.306 e. The van der Waals surface area contributed by atoms with Gasteiger partial charge in [0, 0.05) is 32.1 Å². The molecule has 0 spiro atoms. The van der Waals surface area contributed by atoms with E-state index in [1.54, 1.807) is 11.3 Å². The highest BCUT2D eigenvalue weighted by atomic mass is 32.1. The molecule has 55 heavy (non-hydrogen) atoms. The average Bonchev–Trinajstić information content (AvgIpc) is 3.86. The first kappa shape index (κ1) is 31.9. The van der Waals surface area contributed by atoms with Gasteiger partial charge >= 0.3 is 0 Å². The summed E-state index contributed by atoms with van der Waals surface area (Å²) in [6.07, 6.45) is 0. The minimum absolute atomic E-state index is 1.01. The molecule has 9 aromatic carbocycles. The normalized spacial score (nSPS) is 11.6. The Bertz CT molecular complexity index is 3200. The van der Waals surface area contributed by atoms with Crippen LogP contribution in [0.3, 0.4) is 0 Å². The molecule has 0 radical (unpaired) electrons. The van der Waals surface area contributed by atoms with Gasteiger partial charge < -0.3 is 4.90 Å². The van der Waals surface area contributed by atoms with Gasteiger partial charge in [-0.15, -0.1) is 22.7 Å². The molecule has 11 rings (SSSR count). The first-order chi connectivity index (χ1) is 27.3. The Hall–Kier alpha value is -6.59. The molecule has 0 aliphatic carbocycles. The highest BCUT2D eigenvalue weighted by Crippen LogP contribution is 2.52. The molecule has 0 saturated heterocycles. The number of thiazole rings is 1. The zero-order valence-corrected chi connectivity index (χ0v) is 31.3. The zero-order valence-electron chi connectivity index (χ0n) is 29.7. The van der Waals surface area contributed by atoms with Crippen molar-refractivity contribution in [1.82, 2.24) is 4.98 Å². The maximum Gasteiger partial charge on any atom is 0.124 e. The topological polar surface area (TPSA) is 16.1 Å². The SMILES string of the molecule is c1ccc(-c2ccc(N(c3ccc(-c4ccc5ccccc5c4)c4ccccc34)c3c4nc(-c5ccccc5)sc4cc4c3sc3ccccc34)cc2)cc1. The molecule has 0 bridgehead atoms. The first-order valence-corrected chi connectivity index (χ1v) is 20.2. The Morgan fingerprint density at radius 3 is 1.84 bits per heavy atom. The van der Waals surface area contributed by atoms with Gasteiger partial charge in [0.25, 0.3) is 0 Å². The van der Waals surface area contributed by atoms with E-state index in [-0.39, 0.29) is 0 Å². The molecule has 0 fully saturated rings. The summed E-state index contributed by atoms with van der Waals surface area (Å²) in [7, 11) is 0. The van der Waals surface area contributed by atoms with Gasteiger partial charge in [-0.2, -0.15) is 0 Å². The Morgan fingerprint density at radius 2 is 1.04 bits per heavy atom. The summed E-state index contributed by atoms with van der Waals surface area (Å²) >= 11 is 3.63. The summed E-state index contributed by atoms with van der Waals surface area (Å²) in [5, 5.41) is 8.44. The lowest BCUT2D eigenvalue weighted by Crippen LogP contribution is -2.11. The van der Waals surface area contributed by atoms with E-state index < -0.39 is 0 Å². The van der Waals surface area contributed by atoms with Gasteiger partial charge in [-0.25, -0.2) is 4.98 Å². The first-order valence-electron chi connectivity index (χ1n) is 18.5. The highest BCUT2D eigenvalue weighted by Gasteiger charge is 2.26. The summed E-state index contributed by atoms with van der Waals surface area (Å²) in [6, 6.07) is 70.3. The van der Waals surface area contributed by atoms with Crippen LogP contribution in [-0.2, 0) is 0 Å². The molecular formula is C51H32N2S2. The summed E-state index contributed by atoms with van der Waals surface area (Å²) in [4.78, 5) is 7.98. The Morgan fingerprint density at radius 1 is 0.400 bits per heavy atom. The second-order valence-electron chi connectivity index (χ2n) is 13.9. The van der Waals surface area contributed by atoms with Gasteiger partial charge in [0.05, 0.1) is 20.8 Å². The molecule has 258 valence electrons.